The first-order chi connectivity index (χ1) is 6.13. The van der Waals surface area contributed by atoms with Crippen molar-refractivity contribution in [1.82, 2.24) is 4.90 Å². The molecule has 0 rings (SSSR count). The van der Waals surface area contributed by atoms with Crippen molar-refractivity contribution in [2.75, 3.05) is 13.6 Å². The molecule has 1 amide bonds. The van der Waals surface area contributed by atoms with Crippen LogP contribution in [-0.4, -0.2) is 30.4 Å². The summed E-state index contributed by atoms with van der Waals surface area (Å²) in [6, 6.07) is -0.390. The Balaban J connectivity index is 3.88. The molecule has 0 saturated heterocycles. The minimum atomic E-state index is -0.390. The van der Waals surface area contributed by atoms with Crippen LogP contribution in [0, 0.1) is 12.3 Å². The van der Waals surface area contributed by atoms with Gasteiger partial charge in [-0.15, -0.1) is 6.42 Å². The van der Waals surface area contributed by atoms with Gasteiger partial charge < -0.3 is 10.6 Å². The molecule has 3 heteroatoms. The zero-order valence-electron chi connectivity index (χ0n) is 8.42. The first-order valence-electron chi connectivity index (χ1n) is 4.57. The number of nitrogens with two attached hydrogens (primary N) is 1. The van der Waals surface area contributed by atoms with E-state index in [1.807, 2.05) is 0 Å². The van der Waals surface area contributed by atoms with Gasteiger partial charge in [0.2, 0.25) is 5.91 Å². The van der Waals surface area contributed by atoms with E-state index in [-0.39, 0.29) is 5.91 Å². The monoisotopic (exact) mass is 182 g/mol. The molecule has 0 bridgehead atoms. The normalized spacial score (nSPS) is 11.8. The van der Waals surface area contributed by atoms with Gasteiger partial charge in [-0.25, -0.2) is 0 Å². The lowest BCUT2D eigenvalue weighted by molar-refractivity contribution is -0.130. The molecule has 0 aliphatic carbocycles. The number of carbonyl (C=O) groups is 1. The van der Waals surface area contributed by atoms with Crippen molar-refractivity contribution < 1.29 is 4.79 Å². The number of rotatable bonds is 5. The Bertz CT molecular complexity index is 196. The van der Waals surface area contributed by atoms with Crippen LogP contribution in [0.4, 0.5) is 0 Å². The van der Waals surface area contributed by atoms with Crippen LogP contribution in [-0.2, 0) is 4.79 Å². The molecule has 0 aliphatic rings. The molecule has 0 aromatic rings. The minimum absolute atomic E-state index is 0.0635. The lowest BCUT2D eigenvalue weighted by Crippen LogP contribution is -2.41. The standard InChI is InChI=1S/C10H18N2O/c1-4-6-7-9(11)10(13)12(3)8-5-2/h2,9H,4,6-8,11H2,1,3H3/t9-/m0/s1. The van der Waals surface area contributed by atoms with Crippen LogP contribution in [0.1, 0.15) is 26.2 Å². The highest BCUT2D eigenvalue weighted by molar-refractivity contribution is 5.81. The number of unbranched alkanes of at least 4 members (excludes halogenated alkanes) is 1. The highest BCUT2D eigenvalue weighted by Crippen LogP contribution is 2.00. The molecule has 1 atom stereocenters. The van der Waals surface area contributed by atoms with E-state index in [1.54, 1.807) is 7.05 Å². The van der Waals surface area contributed by atoms with Crippen molar-refractivity contribution in [2.45, 2.75) is 32.2 Å². The summed E-state index contributed by atoms with van der Waals surface area (Å²) < 4.78 is 0. The van der Waals surface area contributed by atoms with Crippen LogP contribution in [0.3, 0.4) is 0 Å². The number of nitrogens with zero attached hydrogens (tertiary/aromatic N) is 1. The number of terminal acetylenes is 1. The molecule has 0 saturated carbocycles. The maximum absolute atomic E-state index is 11.4. The summed E-state index contributed by atoms with van der Waals surface area (Å²) >= 11 is 0. The van der Waals surface area contributed by atoms with E-state index in [0.717, 1.165) is 19.3 Å². The van der Waals surface area contributed by atoms with Gasteiger partial charge in [-0.1, -0.05) is 25.7 Å². The fourth-order valence-electron chi connectivity index (χ4n) is 1.05. The van der Waals surface area contributed by atoms with Gasteiger partial charge in [0.05, 0.1) is 12.6 Å². The van der Waals surface area contributed by atoms with E-state index >= 15 is 0 Å². The van der Waals surface area contributed by atoms with Crippen molar-refractivity contribution in [3.8, 4) is 12.3 Å². The second-order valence-electron chi connectivity index (χ2n) is 3.15. The van der Waals surface area contributed by atoms with Crippen molar-refractivity contribution in [3.63, 3.8) is 0 Å². The van der Waals surface area contributed by atoms with Gasteiger partial charge in [0, 0.05) is 7.05 Å². The highest BCUT2D eigenvalue weighted by Gasteiger charge is 2.15. The summed E-state index contributed by atoms with van der Waals surface area (Å²) in [6.45, 7) is 2.40. The molecule has 0 aromatic carbocycles. The number of hydrogen-bond donors (Lipinski definition) is 1. The number of amides is 1. The summed E-state index contributed by atoms with van der Waals surface area (Å²) in [6.07, 6.45) is 7.86. The fourth-order valence-corrected chi connectivity index (χ4v) is 1.05. The lowest BCUT2D eigenvalue weighted by atomic mass is 10.1. The third kappa shape index (κ3) is 4.54. The minimum Gasteiger partial charge on any atom is -0.333 e. The average Bonchev–Trinajstić information content (AvgIpc) is 2.13. The summed E-state index contributed by atoms with van der Waals surface area (Å²) in [5.74, 6) is 2.35. The van der Waals surface area contributed by atoms with E-state index in [0.29, 0.717) is 6.54 Å². The summed E-state index contributed by atoms with van der Waals surface area (Å²) in [7, 11) is 1.67. The Kier molecular flexibility index (Phi) is 5.99. The Morgan fingerprint density at radius 1 is 1.69 bits per heavy atom. The van der Waals surface area contributed by atoms with Crippen molar-refractivity contribution in [3.05, 3.63) is 0 Å². The first-order valence-corrected chi connectivity index (χ1v) is 4.57. The Morgan fingerprint density at radius 3 is 2.77 bits per heavy atom. The van der Waals surface area contributed by atoms with E-state index in [9.17, 15) is 4.79 Å². The number of hydrogen-bond acceptors (Lipinski definition) is 2. The predicted molar refractivity (Wildman–Crippen MR) is 54.0 cm³/mol. The maximum atomic E-state index is 11.4. The quantitative estimate of drug-likeness (QED) is 0.633. The van der Waals surface area contributed by atoms with E-state index in [4.69, 9.17) is 12.2 Å². The van der Waals surface area contributed by atoms with Crippen LogP contribution >= 0.6 is 0 Å². The predicted octanol–water partition coefficient (Wildman–Crippen LogP) is 0.595. The Labute approximate surface area is 80.3 Å². The van der Waals surface area contributed by atoms with Crippen molar-refractivity contribution in [1.29, 1.82) is 0 Å². The average molecular weight is 182 g/mol. The van der Waals surface area contributed by atoms with Crippen LogP contribution in [0.5, 0.6) is 0 Å². The van der Waals surface area contributed by atoms with Crippen molar-refractivity contribution >= 4 is 5.91 Å². The summed E-state index contributed by atoms with van der Waals surface area (Å²) in [4.78, 5) is 12.9. The molecule has 0 aliphatic heterocycles. The molecule has 2 N–H and O–H groups in total. The topological polar surface area (TPSA) is 46.3 Å². The highest BCUT2D eigenvalue weighted by atomic mass is 16.2. The Morgan fingerprint density at radius 2 is 2.31 bits per heavy atom. The molecule has 74 valence electrons. The molecule has 0 aromatic heterocycles. The summed E-state index contributed by atoms with van der Waals surface area (Å²) in [5.41, 5.74) is 5.67. The summed E-state index contributed by atoms with van der Waals surface area (Å²) in [5, 5.41) is 0. The van der Waals surface area contributed by atoms with Gasteiger partial charge in [-0.05, 0) is 6.42 Å². The molecular formula is C10H18N2O. The second-order valence-corrected chi connectivity index (χ2v) is 3.15. The number of carbonyl (C=O) groups excluding carboxylic acids is 1. The van der Waals surface area contributed by atoms with Gasteiger partial charge in [0.25, 0.3) is 0 Å². The van der Waals surface area contributed by atoms with Gasteiger partial charge in [-0.2, -0.15) is 0 Å². The smallest absolute Gasteiger partial charge is 0.240 e. The molecule has 0 unspecified atom stereocenters. The molecule has 0 spiro atoms. The van der Waals surface area contributed by atoms with Gasteiger partial charge in [0.15, 0.2) is 0 Å². The second kappa shape index (κ2) is 6.50. The zero-order valence-corrected chi connectivity index (χ0v) is 8.42. The molecule has 3 nitrogen and oxygen atoms in total. The third-order valence-corrected chi connectivity index (χ3v) is 1.89. The lowest BCUT2D eigenvalue weighted by Gasteiger charge is -2.18. The molecule has 0 fully saturated rings. The van der Waals surface area contributed by atoms with Crippen LogP contribution < -0.4 is 5.73 Å². The SMILES string of the molecule is C#CCN(C)C(=O)[C@@H](N)CCCC. The first kappa shape index (κ1) is 12.0. The maximum Gasteiger partial charge on any atom is 0.240 e. The van der Waals surface area contributed by atoms with E-state index in [1.165, 1.54) is 4.90 Å². The van der Waals surface area contributed by atoms with Crippen molar-refractivity contribution in [2.24, 2.45) is 5.73 Å². The number of likely N-dealkylation sites (N-methyl/N-ethyl adjacent to an activating group) is 1. The van der Waals surface area contributed by atoms with Crippen LogP contribution in [0.25, 0.3) is 0 Å². The third-order valence-electron chi connectivity index (χ3n) is 1.89. The van der Waals surface area contributed by atoms with E-state index < -0.39 is 6.04 Å². The van der Waals surface area contributed by atoms with Gasteiger partial charge in [-0.3, -0.25) is 4.79 Å². The molecular weight excluding hydrogens is 164 g/mol. The largest absolute Gasteiger partial charge is 0.333 e. The molecule has 0 radical (unpaired) electrons. The van der Waals surface area contributed by atoms with Crippen LogP contribution in [0.15, 0.2) is 0 Å². The molecule has 0 heterocycles. The van der Waals surface area contributed by atoms with Gasteiger partial charge >= 0.3 is 0 Å². The van der Waals surface area contributed by atoms with Gasteiger partial charge in [0.1, 0.15) is 0 Å². The molecule has 13 heavy (non-hydrogen) atoms. The Hall–Kier alpha value is -1.01. The van der Waals surface area contributed by atoms with Crippen LogP contribution in [0.2, 0.25) is 0 Å². The fraction of sp³-hybridized carbons (Fsp3) is 0.700. The van der Waals surface area contributed by atoms with E-state index in [2.05, 4.69) is 12.8 Å². The zero-order chi connectivity index (χ0) is 10.3.